The second-order valence-corrected chi connectivity index (χ2v) is 11.0. The van der Waals surface area contributed by atoms with Crippen molar-refractivity contribution >= 4 is 45.2 Å². The van der Waals surface area contributed by atoms with Gasteiger partial charge in [-0.2, -0.15) is 0 Å². The van der Waals surface area contributed by atoms with Gasteiger partial charge in [-0.1, -0.05) is 37.5 Å². The Balaban J connectivity index is 1.09. The minimum absolute atomic E-state index is 0.0558. The van der Waals surface area contributed by atoms with Gasteiger partial charge in [-0.05, 0) is 80.3 Å². The normalized spacial score (nSPS) is 12.8. The van der Waals surface area contributed by atoms with E-state index in [1.54, 1.807) is 0 Å². The van der Waals surface area contributed by atoms with Crippen molar-refractivity contribution in [1.82, 2.24) is 15.3 Å². The summed E-state index contributed by atoms with van der Waals surface area (Å²) in [6.07, 6.45) is 11.4. The van der Waals surface area contributed by atoms with E-state index in [1.165, 1.54) is 47.0 Å². The lowest BCUT2D eigenvalue weighted by atomic mass is 9.92. The van der Waals surface area contributed by atoms with Gasteiger partial charge in [0.25, 0.3) is 0 Å². The van der Waals surface area contributed by atoms with Gasteiger partial charge in [-0.15, -0.1) is 0 Å². The smallest absolute Gasteiger partial charge is 0.411 e. The summed E-state index contributed by atoms with van der Waals surface area (Å²) in [4.78, 5) is 32.9. The zero-order valence-corrected chi connectivity index (χ0v) is 24.0. The monoisotopic (exact) mass is 555 g/mol. The number of anilines is 2. The van der Waals surface area contributed by atoms with Crippen molar-refractivity contribution in [2.75, 3.05) is 29.9 Å². The topological polar surface area (TPSA) is 110 Å². The van der Waals surface area contributed by atoms with E-state index in [2.05, 4.69) is 39.9 Å². The molecule has 1 aliphatic carbocycles. The number of carbonyl (C=O) groups excluding carboxylic acids is 1. The number of carboxylic acid groups (broad SMARTS) is 1. The number of aryl methyl sites for hydroxylation is 1. The predicted molar refractivity (Wildman–Crippen MR) is 166 cm³/mol. The summed E-state index contributed by atoms with van der Waals surface area (Å²) in [5, 5.41) is 18.7. The minimum atomic E-state index is -0.934. The van der Waals surface area contributed by atoms with Gasteiger partial charge in [-0.3, -0.25) is 14.7 Å². The van der Waals surface area contributed by atoms with Gasteiger partial charge in [-0.25, -0.2) is 4.79 Å². The highest BCUT2D eigenvalue weighted by molar-refractivity contribution is 5.94. The Kier molecular flexibility index (Phi) is 9.39. The first-order chi connectivity index (χ1) is 20.0. The number of hydrogen-bond acceptors (Lipinski definition) is 4. The number of nitrogens with one attached hydrogen (secondary N) is 3. The van der Waals surface area contributed by atoms with Gasteiger partial charge in [0, 0.05) is 66.1 Å². The maximum Gasteiger partial charge on any atom is 0.411 e. The number of amides is 2. The molecule has 2 aromatic carbocycles. The average molecular weight is 556 g/mol. The zero-order chi connectivity index (χ0) is 28.6. The molecular formula is C33H41N5O3. The predicted octanol–water partition coefficient (Wildman–Crippen LogP) is 6.82. The molecule has 8 nitrogen and oxygen atoms in total. The van der Waals surface area contributed by atoms with Crippen LogP contribution in [0.15, 0.2) is 48.7 Å². The summed E-state index contributed by atoms with van der Waals surface area (Å²) in [6, 6.07) is 14.2. The summed E-state index contributed by atoms with van der Waals surface area (Å²) in [5.74, 6) is -0.0558. The van der Waals surface area contributed by atoms with Crippen LogP contribution in [0, 0.1) is 0 Å². The third-order valence-electron chi connectivity index (χ3n) is 8.09. The summed E-state index contributed by atoms with van der Waals surface area (Å²) in [5.41, 5.74) is 7.73. The van der Waals surface area contributed by atoms with Crippen LogP contribution in [-0.4, -0.2) is 46.7 Å². The maximum atomic E-state index is 12.1. The van der Waals surface area contributed by atoms with Crippen molar-refractivity contribution in [3.8, 4) is 0 Å². The van der Waals surface area contributed by atoms with Crippen LogP contribution in [0.3, 0.4) is 0 Å². The van der Waals surface area contributed by atoms with Gasteiger partial charge in [0.1, 0.15) is 0 Å². The molecule has 0 saturated carbocycles. The lowest BCUT2D eigenvalue weighted by molar-refractivity contribution is -0.118. The molecule has 0 fully saturated rings. The molecule has 41 heavy (non-hydrogen) atoms. The number of aromatic amines is 1. The van der Waals surface area contributed by atoms with Crippen LogP contribution in [0.1, 0.15) is 68.7 Å². The molecule has 5 rings (SSSR count). The average Bonchev–Trinajstić information content (AvgIpc) is 3.37. The Hall–Kier alpha value is -4.07. The summed E-state index contributed by atoms with van der Waals surface area (Å²) in [7, 11) is 0. The first-order valence-corrected chi connectivity index (χ1v) is 15.0. The van der Waals surface area contributed by atoms with Crippen molar-refractivity contribution in [3.05, 3.63) is 65.5 Å². The fraction of sp³-hybridized carbons (Fsp3) is 0.424. The molecule has 4 N–H and O–H groups in total. The molecule has 0 atom stereocenters. The molecule has 2 amide bonds. The first kappa shape index (κ1) is 28.5. The molecule has 0 bridgehead atoms. The van der Waals surface area contributed by atoms with Crippen LogP contribution >= 0.6 is 0 Å². The molecule has 0 aliphatic heterocycles. The van der Waals surface area contributed by atoms with Crippen molar-refractivity contribution in [1.29, 1.82) is 0 Å². The Bertz CT molecular complexity index is 1510. The molecule has 4 aromatic rings. The number of para-hydroxylation sites is 1. The number of aromatic nitrogens is 2. The molecule has 0 radical (unpaired) electrons. The first-order valence-electron chi connectivity index (χ1n) is 15.0. The number of nitrogens with zero attached hydrogens (tertiary/aromatic N) is 2. The van der Waals surface area contributed by atoms with Crippen LogP contribution in [0.5, 0.6) is 0 Å². The van der Waals surface area contributed by atoms with E-state index in [4.69, 9.17) is 4.98 Å². The largest absolute Gasteiger partial charge is 0.465 e. The van der Waals surface area contributed by atoms with E-state index in [0.29, 0.717) is 25.2 Å². The molecule has 2 heterocycles. The SMILES string of the molecule is CC(=O)NCCc1c[nH]c2ccc(N(CCCCCCCNc3c4c(nc5ccccc35)CCCC4)C(=O)O)cc12. The maximum absolute atomic E-state index is 12.1. The molecule has 8 heteroatoms. The molecule has 0 unspecified atom stereocenters. The quantitative estimate of drug-likeness (QED) is 0.135. The second kappa shape index (κ2) is 13.5. The van der Waals surface area contributed by atoms with Gasteiger partial charge >= 0.3 is 6.09 Å². The number of pyridine rings is 1. The lowest BCUT2D eigenvalue weighted by Crippen LogP contribution is -2.30. The number of rotatable bonds is 13. The highest BCUT2D eigenvalue weighted by Crippen LogP contribution is 2.33. The standard InChI is InChI=1S/C33H41N5O3/c1-23(39)34-19-17-24-22-36-29-16-15-25(21-28(24)29)38(33(40)41)20-10-4-2-3-9-18-35-32-26-11-5-7-13-30(26)37-31-14-8-6-12-27(31)32/h5,7,11,13,15-16,21-22,36H,2-4,6,8-10,12,14,17-20H2,1H3,(H,34,39)(H,35,37)(H,40,41). The highest BCUT2D eigenvalue weighted by Gasteiger charge is 2.18. The Morgan fingerprint density at radius 3 is 2.63 bits per heavy atom. The number of unbranched alkanes of at least 4 members (excludes halogenated alkanes) is 4. The van der Waals surface area contributed by atoms with Crippen LogP contribution in [0.25, 0.3) is 21.8 Å². The van der Waals surface area contributed by atoms with Crippen molar-refractivity contribution in [3.63, 3.8) is 0 Å². The molecule has 0 saturated heterocycles. The molecule has 216 valence electrons. The molecular weight excluding hydrogens is 514 g/mol. The third kappa shape index (κ3) is 6.99. The van der Waals surface area contributed by atoms with Gasteiger partial charge in [0.2, 0.25) is 5.91 Å². The number of H-pyrrole nitrogens is 1. The number of benzene rings is 2. The third-order valence-corrected chi connectivity index (χ3v) is 8.09. The minimum Gasteiger partial charge on any atom is -0.465 e. The Morgan fingerprint density at radius 1 is 0.976 bits per heavy atom. The Morgan fingerprint density at radius 2 is 1.78 bits per heavy atom. The number of carbonyl (C=O) groups is 2. The highest BCUT2D eigenvalue weighted by atomic mass is 16.4. The molecule has 1 aliphatic rings. The Labute approximate surface area is 241 Å². The fourth-order valence-corrected chi connectivity index (χ4v) is 5.96. The zero-order valence-electron chi connectivity index (χ0n) is 24.0. The molecule has 2 aromatic heterocycles. The van der Waals surface area contributed by atoms with Crippen LogP contribution in [-0.2, 0) is 24.1 Å². The van der Waals surface area contributed by atoms with E-state index in [9.17, 15) is 14.7 Å². The fourth-order valence-electron chi connectivity index (χ4n) is 5.96. The summed E-state index contributed by atoms with van der Waals surface area (Å²) in [6.45, 7) is 3.46. The summed E-state index contributed by atoms with van der Waals surface area (Å²) < 4.78 is 0. The van der Waals surface area contributed by atoms with Gasteiger partial charge in [0.05, 0.1) is 5.52 Å². The van der Waals surface area contributed by atoms with E-state index in [-0.39, 0.29) is 5.91 Å². The summed E-state index contributed by atoms with van der Waals surface area (Å²) >= 11 is 0. The van der Waals surface area contributed by atoms with Gasteiger partial charge in [0.15, 0.2) is 0 Å². The van der Waals surface area contributed by atoms with Crippen molar-refractivity contribution in [2.24, 2.45) is 0 Å². The van der Waals surface area contributed by atoms with E-state index >= 15 is 0 Å². The number of fused-ring (bicyclic) bond motifs is 3. The van der Waals surface area contributed by atoms with E-state index in [0.717, 1.165) is 73.5 Å². The van der Waals surface area contributed by atoms with E-state index < -0.39 is 6.09 Å². The van der Waals surface area contributed by atoms with Crippen LogP contribution < -0.4 is 15.5 Å². The van der Waals surface area contributed by atoms with Gasteiger partial charge < -0.3 is 20.7 Å². The van der Waals surface area contributed by atoms with Crippen LogP contribution in [0.2, 0.25) is 0 Å². The van der Waals surface area contributed by atoms with Crippen molar-refractivity contribution < 1.29 is 14.7 Å². The second-order valence-electron chi connectivity index (χ2n) is 11.0. The van der Waals surface area contributed by atoms with E-state index in [1.807, 2.05) is 24.4 Å². The lowest BCUT2D eigenvalue weighted by Gasteiger charge is -2.21. The van der Waals surface area contributed by atoms with Crippen molar-refractivity contribution in [2.45, 2.75) is 71.1 Å². The molecule has 0 spiro atoms. The van der Waals surface area contributed by atoms with Crippen LogP contribution in [0.4, 0.5) is 16.2 Å². The number of hydrogen-bond donors (Lipinski definition) is 4.